The van der Waals surface area contributed by atoms with E-state index >= 15 is 0 Å². The molecule has 0 spiro atoms. The molecular weight excluding hydrogens is 226 g/mol. The minimum absolute atomic E-state index is 0.0474. The fraction of sp³-hybridized carbons (Fsp3) is 0.933. The number of hydrogen-bond acceptors (Lipinski definition) is 3. The molecule has 0 unspecified atom stereocenters. The summed E-state index contributed by atoms with van der Waals surface area (Å²) < 4.78 is 5.34. The maximum absolute atomic E-state index is 11.6. The topological polar surface area (TPSA) is 29.5 Å². The lowest BCUT2D eigenvalue weighted by molar-refractivity contribution is -0.155. The number of hydrogen-bond donors (Lipinski definition) is 0. The quantitative estimate of drug-likeness (QED) is 0.722. The Hall–Kier alpha value is -0.570. The maximum atomic E-state index is 11.6. The number of esters is 1. The summed E-state index contributed by atoms with van der Waals surface area (Å²) in [5.41, 5.74) is -0.349. The summed E-state index contributed by atoms with van der Waals surface area (Å²) in [5.74, 6) is 0.654. The van der Waals surface area contributed by atoms with E-state index in [0.29, 0.717) is 18.4 Å². The standard InChI is InChI=1S/C15H29NO2/c1-12(2)16-10-8-13(9-11-16)6-7-14(17)18-15(3,4)5/h12-13H,6-11H2,1-5H3. The Morgan fingerprint density at radius 2 is 1.83 bits per heavy atom. The molecule has 0 saturated carbocycles. The van der Waals surface area contributed by atoms with Crippen LogP contribution in [0, 0.1) is 5.92 Å². The van der Waals surface area contributed by atoms with Crippen molar-refractivity contribution < 1.29 is 9.53 Å². The van der Waals surface area contributed by atoms with Crippen molar-refractivity contribution in [3.63, 3.8) is 0 Å². The first kappa shape index (κ1) is 15.5. The van der Waals surface area contributed by atoms with Crippen molar-refractivity contribution in [2.24, 2.45) is 5.92 Å². The first-order chi connectivity index (χ1) is 8.28. The molecule has 0 amide bonds. The molecule has 3 nitrogen and oxygen atoms in total. The lowest BCUT2D eigenvalue weighted by Crippen LogP contribution is -2.38. The van der Waals surface area contributed by atoms with Gasteiger partial charge < -0.3 is 9.64 Å². The smallest absolute Gasteiger partial charge is 0.306 e. The van der Waals surface area contributed by atoms with Crippen LogP contribution in [-0.2, 0) is 9.53 Å². The SMILES string of the molecule is CC(C)N1CCC(CCC(=O)OC(C)(C)C)CC1. The van der Waals surface area contributed by atoms with E-state index in [0.717, 1.165) is 6.42 Å². The Morgan fingerprint density at radius 3 is 2.28 bits per heavy atom. The molecule has 0 aliphatic carbocycles. The highest BCUT2D eigenvalue weighted by molar-refractivity contribution is 5.69. The molecule has 1 aliphatic heterocycles. The molecular formula is C15H29NO2. The van der Waals surface area contributed by atoms with Crippen molar-refractivity contribution in [2.45, 2.75) is 71.9 Å². The van der Waals surface area contributed by atoms with E-state index < -0.39 is 0 Å². The van der Waals surface area contributed by atoms with Crippen LogP contribution in [0.25, 0.3) is 0 Å². The van der Waals surface area contributed by atoms with E-state index in [2.05, 4.69) is 18.7 Å². The first-order valence-corrected chi connectivity index (χ1v) is 7.24. The van der Waals surface area contributed by atoms with Gasteiger partial charge in [-0.25, -0.2) is 0 Å². The average Bonchev–Trinajstić information content (AvgIpc) is 2.24. The number of piperidine rings is 1. The molecule has 0 atom stereocenters. The molecule has 0 N–H and O–H groups in total. The van der Waals surface area contributed by atoms with Crippen LogP contribution >= 0.6 is 0 Å². The van der Waals surface area contributed by atoms with Gasteiger partial charge in [0.15, 0.2) is 0 Å². The summed E-state index contributed by atoms with van der Waals surface area (Å²) in [6.45, 7) is 12.6. The zero-order valence-corrected chi connectivity index (χ0v) is 12.7. The van der Waals surface area contributed by atoms with Gasteiger partial charge in [-0.05, 0) is 72.9 Å². The molecule has 1 fully saturated rings. The van der Waals surface area contributed by atoms with Crippen molar-refractivity contribution in [3.8, 4) is 0 Å². The molecule has 1 aliphatic rings. The van der Waals surface area contributed by atoms with E-state index in [1.807, 2.05) is 20.8 Å². The highest BCUT2D eigenvalue weighted by Crippen LogP contribution is 2.23. The van der Waals surface area contributed by atoms with Crippen LogP contribution in [0.3, 0.4) is 0 Å². The van der Waals surface area contributed by atoms with Gasteiger partial charge in [-0.3, -0.25) is 4.79 Å². The van der Waals surface area contributed by atoms with E-state index in [1.165, 1.54) is 25.9 Å². The summed E-state index contributed by atoms with van der Waals surface area (Å²) in [4.78, 5) is 14.2. The van der Waals surface area contributed by atoms with Gasteiger partial charge in [0.2, 0.25) is 0 Å². The van der Waals surface area contributed by atoms with Gasteiger partial charge in [0.05, 0.1) is 0 Å². The number of carbonyl (C=O) groups excluding carboxylic acids is 1. The van der Waals surface area contributed by atoms with Crippen LogP contribution in [0.15, 0.2) is 0 Å². The molecule has 3 heteroatoms. The second-order valence-electron chi connectivity index (χ2n) is 6.70. The minimum atomic E-state index is -0.349. The molecule has 18 heavy (non-hydrogen) atoms. The van der Waals surface area contributed by atoms with Gasteiger partial charge in [-0.1, -0.05) is 0 Å². The van der Waals surface area contributed by atoms with Crippen molar-refractivity contribution in [2.75, 3.05) is 13.1 Å². The molecule has 0 bridgehead atoms. The first-order valence-electron chi connectivity index (χ1n) is 7.24. The van der Waals surface area contributed by atoms with Crippen LogP contribution in [0.5, 0.6) is 0 Å². The second-order valence-corrected chi connectivity index (χ2v) is 6.70. The fourth-order valence-corrected chi connectivity index (χ4v) is 2.47. The summed E-state index contributed by atoms with van der Waals surface area (Å²) in [7, 11) is 0. The third-order valence-electron chi connectivity index (χ3n) is 3.56. The van der Waals surface area contributed by atoms with E-state index in [-0.39, 0.29) is 11.6 Å². The van der Waals surface area contributed by atoms with Crippen molar-refractivity contribution in [1.82, 2.24) is 4.90 Å². The monoisotopic (exact) mass is 255 g/mol. The van der Waals surface area contributed by atoms with Crippen LogP contribution in [0.2, 0.25) is 0 Å². The van der Waals surface area contributed by atoms with Crippen LogP contribution in [0.4, 0.5) is 0 Å². The Balaban J connectivity index is 2.20. The molecule has 106 valence electrons. The van der Waals surface area contributed by atoms with Crippen LogP contribution in [-0.4, -0.2) is 35.6 Å². The number of rotatable bonds is 4. The number of carbonyl (C=O) groups is 1. The Morgan fingerprint density at radius 1 is 1.28 bits per heavy atom. The van der Waals surface area contributed by atoms with Gasteiger partial charge in [-0.15, -0.1) is 0 Å². The van der Waals surface area contributed by atoms with E-state index in [1.54, 1.807) is 0 Å². The largest absolute Gasteiger partial charge is 0.460 e. The molecule has 0 aromatic heterocycles. The van der Waals surface area contributed by atoms with Crippen molar-refractivity contribution in [1.29, 1.82) is 0 Å². The van der Waals surface area contributed by atoms with Crippen LogP contribution < -0.4 is 0 Å². The number of likely N-dealkylation sites (tertiary alicyclic amines) is 1. The van der Waals surface area contributed by atoms with Gasteiger partial charge >= 0.3 is 5.97 Å². The van der Waals surface area contributed by atoms with E-state index in [9.17, 15) is 4.79 Å². The second kappa shape index (κ2) is 6.55. The third kappa shape index (κ3) is 5.85. The van der Waals surface area contributed by atoms with Crippen LogP contribution in [0.1, 0.15) is 60.3 Å². The van der Waals surface area contributed by atoms with Crippen molar-refractivity contribution in [3.05, 3.63) is 0 Å². The minimum Gasteiger partial charge on any atom is -0.460 e. The summed E-state index contributed by atoms with van der Waals surface area (Å²) in [6.07, 6.45) is 4.01. The maximum Gasteiger partial charge on any atom is 0.306 e. The molecule has 0 aromatic rings. The van der Waals surface area contributed by atoms with Crippen molar-refractivity contribution >= 4 is 5.97 Å². The molecule has 1 rings (SSSR count). The molecule has 0 radical (unpaired) electrons. The zero-order chi connectivity index (χ0) is 13.8. The lowest BCUT2D eigenvalue weighted by Gasteiger charge is -2.34. The highest BCUT2D eigenvalue weighted by atomic mass is 16.6. The Bertz CT molecular complexity index is 260. The van der Waals surface area contributed by atoms with Gasteiger partial charge in [0, 0.05) is 12.5 Å². The zero-order valence-electron chi connectivity index (χ0n) is 12.7. The molecule has 1 heterocycles. The highest BCUT2D eigenvalue weighted by Gasteiger charge is 2.22. The van der Waals surface area contributed by atoms with Gasteiger partial charge in [0.1, 0.15) is 5.60 Å². The lowest BCUT2D eigenvalue weighted by atomic mass is 9.91. The Labute approximate surface area is 112 Å². The Kier molecular flexibility index (Phi) is 5.64. The predicted octanol–water partition coefficient (Wildman–Crippen LogP) is 3.23. The van der Waals surface area contributed by atoms with E-state index in [4.69, 9.17) is 4.74 Å². The molecule has 0 aromatic carbocycles. The predicted molar refractivity (Wildman–Crippen MR) is 74.5 cm³/mol. The normalized spacial score (nSPS) is 19.2. The average molecular weight is 255 g/mol. The summed E-state index contributed by atoms with van der Waals surface area (Å²) >= 11 is 0. The van der Waals surface area contributed by atoms with Gasteiger partial charge in [-0.2, -0.15) is 0 Å². The third-order valence-corrected chi connectivity index (χ3v) is 3.56. The molecule has 1 saturated heterocycles. The fourth-order valence-electron chi connectivity index (χ4n) is 2.47. The summed E-state index contributed by atoms with van der Waals surface area (Å²) in [6, 6.07) is 0.650. The number of nitrogens with zero attached hydrogens (tertiary/aromatic N) is 1. The summed E-state index contributed by atoms with van der Waals surface area (Å²) in [5, 5.41) is 0. The number of ether oxygens (including phenoxy) is 1. The van der Waals surface area contributed by atoms with Gasteiger partial charge in [0.25, 0.3) is 0 Å².